The minimum atomic E-state index is -0.311. The van der Waals surface area contributed by atoms with Gasteiger partial charge in [-0.05, 0) is 19.9 Å². The fraction of sp³-hybridized carbons (Fsp3) is 0.444. The highest BCUT2D eigenvalue weighted by Gasteiger charge is 2.22. The van der Waals surface area contributed by atoms with Crippen LogP contribution in [0.25, 0.3) is 0 Å². The number of amides is 1. The normalized spacial score (nSPS) is 11.5. The first kappa shape index (κ1) is 13.3. The van der Waals surface area contributed by atoms with Crippen LogP contribution in [0, 0.1) is 0 Å². The predicted molar refractivity (Wildman–Crippen MR) is 69.7 cm³/mol. The number of hydrogen-bond acceptors (Lipinski definition) is 2. The van der Waals surface area contributed by atoms with E-state index in [2.05, 4.69) is 21.2 Å². The van der Waals surface area contributed by atoms with Gasteiger partial charge >= 0.3 is 0 Å². The van der Waals surface area contributed by atoms with Crippen molar-refractivity contribution < 1.29 is 4.79 Å². The molecule has 1 aromatic heterocycles. The summed E-state index contributed by atoms with van der Waals surface area (Å²) < 4.78 is 0.935. The molecule has 0 aromatic carbocycles. The van der Waals surface area contributed by atoms with Crippen LogP contribution in [0.15, 0.2) is 6.07 Å². The zero-order valence-corrected chi connectivity index (χ0v) is 12.1. The lowest BCUT2D eigenvalue weighted by Gasteiger charge is -2.23. The van der Waals surface area contributed by atoms with E-state index in [1.165, 1.54) is 11.3 Å². The topological polar surface area (TPSA) is 29.1 Å². The maximum atomic E-state index is 11.8. The summed E-state index contributed by atoms with van der Waals surface area (Å²) in [5.41, 5.74) is 0.121. The van der Waals surface area contributed by atoms with E-state index in [0.717, 1.165) is 0 Å². The van der Waals surface area contributed by atoms with Gasteiger partial charge in [0.25, 0.3) is 5.91 Å². The molecule has 2 nitrogen and oxygen atoms in total. The first-order chi connectivity index (χ1) is 6.85. The zero-order valence-electron chi connectivity index (χ0n) is 8.23. The van der Waals surface area contributed by atoms with Gasteiger partial charge in [-0.3, -0.25) is 4.79 Å². The molecule has 0 unspecified atom stereocenters. The molecule has 1 amide bonds. The number of hydrogen-bond donors (Lipinski definition) is 1. The van der Waals surface area contributed by atoms with Crippen molar-refractivity contribution in [1.82, 2.24) is 5.32 Å². The minimum Gasteiger partial charge on any atom is -0.346 e. The van der Waals surface area contributed by atoms with Crippen LogP contribution in [0.4, 0.5) is 0 Å². The van der Waals surface area contributed by atoms with Gasteiger partial charge in [0, 0.05) is 10.9 Å². The quantitative estimate of drug-likeness (QED) is 0.835. The highest BCUT2D eigenvalue weighted by atomic mass is 79.9. The van der Waals surface area contributed by atoms with E-state index in [-0.39, 0.29) is 11.4 Å². The molecule has 0 aliphatic heterocycles. The Balaban J connectivity index is 2.82. The Bertz CT molecular complexity index is 378. The molecule has 1 rings (SSSR count). The lowest BCUT2D eigenvalue weighted by atomic mass is 10.1. The number of carbonyl (C=O) groups excluding carboxylic acids is 1. The van der Waals surface area contributed by atoms with Gasteiger partial charge in [0.15, 0.2) is 0 Å². The molecule has 84 valence electrons. The number of rotatable bonds is 3. The second kappa shape index (κ2) is 5.04. The summed E-state index contributed by atoms with van der Waals surface area (Å²) in [7, 11) is 0. The van der Waals surface area contributed by atoms with E-state index in [1.807, 2.05) is 13.8 Å². The first-order valence-electron chi connectivity index (χ1n) is 4.19. The largest absolute Gasteiger partial charge is 0.346 e. The molecule has 0 radical (unpaired) electrons. The second-order valence-corrected chi connectivity index (χ2v) is 6.56. The number of thiophene rings is 1. The molecule has 0 atom stereocenters. The van der Waals surface area contributed by atoms with Gasteiger partial charge in [-0.2, -0.15) is 0 Å². The van der Waals surface area contributed by atoms with Crippen LogP contribution < -0.4 is 5.32 Å². The van der Waals surface area contributed by atoms with Gasteiger partial charge in [0.2, 0.25) is 0 Å². The molecule has 1 aromatic rings. The third-order valence-electron chi connectivity index (χ3n) is 1.69. The summed E-state index contributed by atoms with van der Waals surface area (Å²) in [4.78, 5) is 11.8. The highest BCUT2D eigenvalue weighted by Crippen LogP contribution is 2.31. The Labute approximate surface area is 111 Å². The van der Waals surface area contributed by atoms with E-state index < -0.39 is 0 Å². The lowest BCUT2D eigenvalue weighted by molar-refractivity contribution is 0.0922. The summed E-state index contributed by atoms with van der Waals surface area (Å²) >= 11 is 16.1. The van der Waals surface area contributed by atoms with Crippen molar-refractivity contribution in [3.63, 3.8) is 0 Å². The van der Waals surface area contributed by atoms with E-state index in [1.54, 1.807) is 6.07 Å². The summed E-state index contributed by atoms with van der Waals surface area (Å²) in [5.74, 6) is -0.201. The summed E-state index contributed by atoms with van der Waals surface area (Å²) in [6.07, 6.45) is 0. The molecule has 0 saturated heterocycles. The number of halogens is 3. The number of alkyl halides is 1. The van der Waals surface area contributed by atoms with Gasteiger partial charge in [0.05, 0.1) is 9.90 Å². The number of nitrogens with one attached hydrogen (secondary N) is 1. The molecule has 6 heteroatoms. The molecule has 15 heavy (non-hydrogen) atoms. The molecule has 1 heterocycles. The van der Waals surface area contributed by atoms with E-state index >= 15 is 0 Å². The standard InChI is InChI=1S/C9H10BrCl2NOS/c1-9(2,4-10)13-8(14)5-3-6(11)15-7(5)12/h3H,4H2,1-2H3,(H,13,14). The molecule has 0 fully saturated rings. The lowest BCUT2D eigenvalue weighted by Crippen LogP contribution is -2.44. The Kier molecular flexibility index (Phi) is 4.47. The van der Waals surface area contributed by atoms with E-state index in [4.69, 9.17) is 23.2 Å². The van der Waals surface area contributed by atoms with Crippen LogP contribution in [-0.2, 0) is 0 Å². The molecule has 0 aliphatic rings. The Morgan fingerprint density at radius 1 is 1.60 bits per heavy atom. The Hall–Kier alpha value is 0.230. The smallest absolute Gasteiger partial charge is 0.254 e. The third kappa shape index (κ3) is 3.63. The average molecular weight is 331 g/mol. The summed E-state index contributed by atoms with van der Waals surface area (Å²) in [6, 6.07) is 1.58. The fourth-order valence-corrected chi connectivity index (χ4v) is 2.50. The summed E-state index contributed by atoms with van der Waals surface area (Å²) in [5, 5.41) is 3.52. The predicted octanol–water partition coefficient (Wildman–Crippen LogP) is 3.96. The molecule has 0 saturated carbocycles. The molecule has 0 bridgehead atoms. The monoisotopic (exact) mass is 329 g/mol. The van der Waals surface area contributed by atoms with Gasteiger partial charge in [-0.15, -0.1) is 11.3 Å². The van der Waals surface area contributed by atoms with Crippen LogP contribution in [0.3, 0.4) is 0 Å². The Morgan fingerprint density at radius 2 is 2.20 bits per heavy atom. The first-order valence-corrected chi connectivity index (χ1v) is 6.88. The maximum Gasteiger partial charge on any atom is 0.254 e. The highest BCUT2D eigenvalue weighted by molar-refractivity contribution is 9.09. The van der Waals surface area contributed by atoms with Crippen molar-refractivity contribution in [1.29, 1.82) is 0 Å². The molecule has 1 N–H and O–H groups in total. The van der Waals surface area contributed by atoms with Crippen molar-refractivity contribution in [2.45, 2.75) is 19.4 Å². The van der Waals surface area contributed by atoms with Gasteiger partial charge in [-0.1, -0.05) is 39.1 Å². The van der Waals surface area contributed by atoms with Crippen molar-refractivity contribution in [2.24, 2.45) is 0 Å². The van der Waals surface area contributed by atoms with Gasteiger partial charge in [-0.25, -0.2) is 0 Å². The van der Waals surface area contributed by atoms with Crippen molar-refractivity contribution >= 4 is 56.4 Å². The maximum absolute atomic E-state index is 11.8. The van der Waals surface area contributed by atoms with Crippen LogP contribution in [0.5, 0.6) is 0 Å². The van der Waals surface area contributed by atoms with Gasteiger partial charge < -0.3 is 5.32 Å². The average Bonchev–Trinajstić information content (AvgIpc) is 2.45. The van der Waals surface area contributed by atoms with Crippen molar-refractivity contribution in [3.05, 3.63) is 20.3 Å². The fourth-order valence-electron chi connectivity index (χ4n) is 0.903. The van der Waals surface area contributed by atoms with Crippen molar-refractivity contribution in [2.75, 3.05) is 5.33 Å². The molecular formula is C9H10BrCl2NOS. The van der Waals surface area contributed by atoms with Crippen molar-refractivity contribution in [3.8, 4) is 0 Å². The Morgan fingerprint density at radius 3 is 2.60 bits per heavy atom. The minimum absolute atomic E-state index is 0.201. The molecular weight excluding hydrogens is 321 g/mol. The summed E-state index contributed by atoms with van der Waals surface area (Å²) in [6.45, 7) is 3.84. The number of carbonyl (C=O) groups is 1. The van der Waals surface area contributed by atoms with Crippen LogP contribution in [0.1, 0.15) is 24.2 Å². The second-order valence-electron chi connectivity index (χ2n) is 3.71. The van der Waals surface area contributed by atoms with Crippen LogP contribution in [-0.4, -0.2) is 16.8 Å². The zero-order chi connectivity index (χ0) is 11.6. The van der Waals surface area contributed by atoms with Crippen LogP contribution >= 0.6 is 50.5 Å². The van der Waals surface area contributed by atoms with Gasteiger partial charge in [0.1, 0.15) is 4.34 Å². The SMILES string of the molecule is CC(C)(CBr)NC(=O)c1cc(Cl)sc1Cl. The van der Waals surface area contributed by atoms with E-state index in [9.17, 15) is 4.79 Å². The molecule has 0 aliphatic carbocycles. The van der Waals surface area contributed by atoms with E-state index in [0.29, 0.717) is 19.6 Å². The molecule has 0 spiro atoms. The van der Waals surface area contributed by atoms with Crippen LogP contribution in [0.2, 0.25) is 8.67 Å². The third-order valence-corrected chi connectivity index (χ3v) is 4.58.